The molecule has 1 aliphatic carbocycles. The lowest BCUT2D eigenvalue weighted by Crippen LogP contribution is -2.50. The molecule has 0 bridgehead atoms. The first-order valence-corrected chi connectivity index (χ1v) is 8.38. The topological polar surface area (TPSA) is 3.24 Å². The van der Waals surface area contributed by atoms with Crippen LogP contribution in [0.1, 0.15) is 56.9 Å². The van der Waals surface area contributed by atoms with Crippen molar-refractivity contribution in [1.29, 1.82) is 0 Å². The Hall–Kier alpha value is -1.08. The van der Waals surface area contributed by atoms with E-state index in [9.17, 15) is 0 Å². The summed E-state index contributed by atoms with van der Waals surface area (Å²) in [6, 6.07) is 10.8. The summed E-state index contributed by atoms with van der Waals surface area (Å²) in [5.74, 6) is 0. The van der Waals surface area contributed by atoms with Crippen molar-refractivity contribution in [2.45, 2.75) is 56.9 Å². The first-order chi connectivity index (χ1) is 9.89. The molecule has 1 aromatic carbocycles. The van der Waals surface area contributed by atoms with Crippen LogP contribution in [0.5, 0.6) is 0 Å². The van der Waals surface area contributed by atoms with Crippen LogP contribution < -0.4 is 0 Å². The summed E-state index contributed by atoms with van der Waals surface area (Å²) in [6.07, 6.45) is 16.0. The molecule has 1 saturated heterocycles. The third-order valence-electron chi connectivity index (χ3n) is 5.09. The van der Waals surface area contributed by atoms with Gasteiger partial charge < -0.3 is 0 Å². The smallest absolute Gasteiger partial charge is 0.0394 e. The second-order valence-corrected chi connectivity index (χ2v) is 6.46. The van der Waals surface area contributed by atoms with Gasteiger partial charge in [0, 0.05) is 5.54 Å². The average molecular weight is 269 g/mol. The van der Waals surface area contributed by atoms with Gasteiger partial charge in [0.05, 0.1) is 0 Å². The molecule has 1 aliphatic heterocycles. The number of rotatable bonds is 3. The summed E-state index contributed by atoms with van der Waals surface area (Å²) in [4.78, 5) is 2.79. The quantitative estimate of drug-likeness (QED) is 0.755. The number of likely N-dealkylation sites (tertiary alicyclic amines) is 1. The van der Waals surface area contributed by atoms with E-state index in [0.29, 0.717) is 5.54 Å². The molecule has 3 rings (SSSR count). The average Bonchev–Trinajstić information content (AvgIpc) is 2.56. The summed E-state index contributed by atoms with van der Waals surface area (Å²) in [5, 5.41) is 0. The normalized spacial score (nSPS) is 24.0. The fourth-order valence-corrected chi connectivity index (χ4v) is 3.91. The number of hydrogen-bond acceptors (Lipinski definition) is 1. The number of hydrogen-bond donors (Lipinski definition) is 0. The lowest BCUT2D eigenvalue weighted by Gasteiger charge is -2.46. The molecule has 0 spiro atoms. The third kappa shape index (κ3) is 3.15. The molecule has 1 heteroatoms. The predicted molar refractivity (Wildman–Crippen MR) is 86.7 cm³/mol. The van der Waals surface area contributed by atoms with Crippen LogP contribution in [0.25, 0.3) is 6.08 Å². The minimum Gasteiger partial charge on any atom is -0.294 e. The van der Waals surface area contributed by atoms with Crippen LogP contribution in [-0.4, -0.2) is 23.5 Å². The van der Waals surface area contributed by atoms with E-state index >= 15 is 0 Å². The Morgan fingerprint density at radius 3 is 2.15 bits per heavy atom. The zero-order valence-corrected chi connectivity index (χ0v) is 12.6. The Bertz CT molecular complexity index is 422. The highest BCUT2D eigenvalue weighted by Gasteiger charge is 2.35. The van der Waals surface area contributed by atoms with Crippen LogP contribution in [-0.2, 0) is 0 Å². The molecule has 2 aliphatic rings. The Morgan fingerprint density at radius 2 is 1.45 bits per heavy atom. The highest BCUT2D eigenvalue weighted by atomic mass is 15.2. The first kappa shape index (κ1) is 13.9. The maximum absolute atomic E-state index is 2.79. The molecule has 0 amide bonds. The summed E-state index contributed by atoms with van der Waals surface area (Å²) in [5.41, 5.74) is 1.70. The molecule has 1 heterocycles. The van der Waals surface area contributed by atoms with Gasteiger partial charge in [-0.2, -0.15) is 0 Å². The van der Waals surface area contributed by atoms with E-state index in [4.69, 9.17) is 0 Å². The van der Waals surface area contributed by atoms with Gasteiger partial charge in [-0.25, -0.2) is 0 Å². The van der Waals surface area contributed by atoms with Crippen LogP contribution in [0.2, 0.25) is 0 Å². The Balaban J connectivity index is 1.80. The maximum atomic E-state index is 2.79. The minimum absolute atomic E-state index is 0.356. The molecule has 2 fully saturated rings. The van der Waals surface area contributed by atoms with E-state index in [0.717, 1.165) is 0 Å². The third-order valence-corrected chi connectivity index (χ3v) is 5.09. The van der Waals surface area contributed by atoms with E-state index in [1.165, 1.54) is 70.0 Å². The van der Waals surface area contributed by atoms with Crippen LogP contribution in [0.15, 0.2) is 36.4 Å². The highest BCUT2D eigenvalue weighted by Crippen LogP contribution is 2.37. The standard InChI is InChI=1S/C19H27N/c1-4-10-18(11-5-1)12-15-19(13-6-2-7-14-19)20-16-8-3-9-17-20/h1,4-5,10-12,15H,2-3,6-9,13-14,16-17H2. The van der Waals surface area contributed by atoms with Gasteiger partial charge in [0.2, 0.25) is 0 Å². The van der Waals surface area contributed by atoms with E-state index in [-0.39, 0.29) is 0 Å². The van der Waals surface area contributed by atoms with Gasteiger partial charge in [-0.1, -0.05) is 68.2 Å². The molecule has 20 heavy (non-hydrogen) atoms. The zero-order chi connectivity index (χ0) is 13.7. The number of nitrogens with zero attached hydrogens (tertiary/aromatic N) is 1. The van der Waals surface area contributed by atoms with Crippen molar-refractivity contribution in [3.05, 3.63) is 42.0 Å². The van der Waals surface area contributed by atoms with E-state index in [2.05, 4.69) is 47.4 Å². The first-order valence-electron chi connectivity index (χ1n) is 8.38. The van der Waals surface area contributed by atoms with Crippen molar-refractivity contribution in [2.24, 2.45) is 0 Å². The van der Waals surface area contributed by atoms with Crippen molar-refractivity contribution in [3.8, 4) is 0 Å². The minimum atomic E-state index is 0.356. The van der Waals surface area contributed by atoms with Crippen LogP contribution in [0.3, 0.4) is 0 Å². The fourth-order valence-electron chi connectivity index (χ4n) is 3.91. The van der Waals surface area contributed by atoms with Crippen molar-refractivity contribution < 1.29 is 0 Å². The lowest BCUT2D eigenvalue weighted by atomic mass is 9.78. The summed E-state index contributed by atoms with van der Waals surface area (Å²) < 4.78 is 0. The monoisotopic (exact) mass is 269 g/mol. The Morgan fingerprint density at radius 1 is 0.800 bits per heavy atom. The van der Waals surface area contributed by atoms with Crippen molar-refractivity contribution >= 4 is 6.08 Å². The number of piperidine rings is 1. The predicted octanol–water partition coefficient (Wildman–Crippen LogP) is 4.89. The maximum Gasteiger partial charge on any atom is 0.0394 e. The Kier molecular flexibility index (Phi) is 4.57. The Labute approximate surface area is 123 Å². The van der Waals surface area contributed by atoms with E-state index < -0.39 is 0 Å². The van der Waals surface area contributed by atoms with Crippen molar-refractivity contribution in [2.75, 3.05) is 13.1 Å². The van der Waals surface area contributed by atoms with E-state index in [1.54, 1.807) is 0 Å². The summed E-state index contributed by atoms with van der Waals surface area (Å²) in [6.45, 7) is 2.61. The molecule has 1 aromatic rings. The van der Waals surface area contributed by atoms with Gasteiger partial charge >= 0.3 is 0 Å². The van der Waals surface area contributed by atoms with Crippen molar-refractivity contribution in [3.63, 3.8) is 0 Å². The van der Waals surface area contributed by atoms with Crippen LogP contribution >= 0.6 is 0 Å². The van der Waals surface area contributed by atoms with Crippen LogP contribution in [0, 0.1) is 0 Å². The van der Waals surface area contributed by atoms with Gasteiger partial charge in [0.15, 0.2) is 0 Å². The summed E-state index contributed by atoms with van der Waals surface area (Å²) in [7, 11) is 0. The molecule has 0 N–H and O–H groups in total. The molecule has 0 atom stereocenters. The molecular weight excluding hydrogens is 242 g/mol. The van der Waals surface area contributed by atoms with Crippen LogP contribution in [0.4, 0.5) is 0 Å². The molecule has 0 radical (unpaired) electrons. The summed E-state index contributed by atoms with van der Waals surface area (Å²) >= 11 is 0. The van der Waals surface area contributed by atoms with Gasteiger partial charge in [-0.05, 0) is 44.3 Å². The van der Waals surface area contributed by atoms with Gasteiger partial charge in [0.1, 0.15) is 0 Å². The molecule has 1 saturated carbocycles. The second-order valence-electron chi connectivity index (χ2n) is 6.46. The number of benzene rings is 1. The molecule has 0 unspecified atom stereocenters. The van der Waals surface area contributed by atoms with Gasteiger partial charge in [-0.15, -0.1) is 0 Å². The molecule has 1 nitrogen and oxygen atoms in total. The zero-order valence-electron chi connectivity index (χ0n) is 12.6. The largest absolute Gasteiger partial charge is 0.294 e. The molecular formula is C19H27N. The fraction of sp³-hybridized carbons (Fsp3) is 0.579. The molecule has 108 valence electrons. The van der Waals surface area contributed by atoms with Gasteiger partial charge in [0.25, 0.3) is 0 Å². The molecule has 0 aromatic heterocycles. The van der Waals surface area contributed by atoms with Gasteiger partial charge in [-0.3, -0.25) is 4.90 Å². The second kappa shape index (κ2) is 6.58. The SMILES string of the molecule is C(=CC1(N2CCCCC2)CCCCC1)c1ccccc1. The van der Waals surface area contributed by atoms with Crippen molar-refractivity contribution in [1.82, 2.24) is 4.90 Å². The lowest BCUT2D eigenvalue weighted by molar-refractivity contribution is 0.0723. The highest BCUT2D eigenvalue weighted by molar-refractivity contribution is 5.50. The van der Waals surface area contributed by atoms with E-state index in [1.807, 2.05) is 0 Å².